The van der Waals surface area contributed by atoms with Crippen molar-refractivity contribution in [1.29, 1.82) is 0 Å². The summed E-state index contributed by atoms with van der Waals surface area (Å²) in [5, 5.41) is 5.25. The van der Waals surface area contributed by atoms with Gasteiger partial charge in [0.25, 0.3) is 0 Å². The van der Waals surface area contributed by atoms with E-state index in [1.807, 2.05) is 104 Å². The van der Waals surface area contributed by atoms with Crippen LogP contribution in [-0.4, -0.2) is 15.0 Å². The number of aromatic nitrogens is 3. The zero-order valence-corrected chi connectivity index (χ0v) is 26.0. The normalized spacial score (nSPS) is 12.1. The molecule has 0 aliphatic carbocycles. The lowest BCUT2D eigenvalue weighted by Gasteiger charge is -2.11. The number of para-hydroxylation sites is 1. The Bertz CT molecular complexity index is 2630. The van der Waals surface area contributed by atoms with Crippen LogP contribution in [0.15, 0.2) is 148 Å². The number of anilines is 1. The van der Waals surface area contributed by atoms with E-state index in [-0.39, 0.29) is 0 Å². The Morgan fingerprint density at radius 3 is 1.90 bits per heavy atom. The Labute approximate surface area is 275 Å². The van der Waals surface area contributed by atoms with Gasteiger partial charge in [-0.05, 0) is 41.5 Å². The van der Waals surface area contributed by atoms with E-state index in [4.69, 9.17) is 29.5 Å². The predicted octanol–water partition coefficient (Wildman–Crippen LogP) is 10.7. The highest BCUT2D eigenvalue weighted by molar-refractivity contribution is 6.18. The van der Waals surface area contributed by atoms with Gasteiger partial charge in [0.2, 0.25) is 0 Å². The van der Waals surface area contributed by atoms with Crippen molar-refractivity contribution in [2.75, 3.05) is 5.73 Å². The highest BCUT2D eigenvalue weighted by Gasteiger charge is 2.24. The summed E-state index contributed by atoms with van der Waals surface area (Å²) < 4.78 is 12.8. The van der Waals surface area contributed by atoms with Crippen molar-refractivity contribution < 1.29 is 8.83 Å². The van der Waals surface area contributed by atoms with Crippen molar-refractivity contribution in [2.45, 2.75) is 6.92 Å². The van der Waals surface area contributed by atoms with Crippen molar-refractivity contribution in [3.8, 4) is 33.9 Å². The van der Waals surface area contributed by atoms with Gasteiger partial charge in [0, 0.05) is 38.4 Å². The van der Waals surface area contributed by atoms with Gasteiger partial charge in [0.05, 0.1) is 5.56 Å². The molecule has 228 valence electrons. The lowest BCUT2D eigenvalue weighted by atomic mass is 9.95. The van der Waals surface area contributed by atoms with Gasteiger partial charge < -0.3 is 14.6 Å². The Morgan fingerprint density at radius 1 is 0.583 bits per heavy atom. The summed E-state index contributed by atoms with van der Waals surface area (Å²) >= 11 is 0. The molecule has 0 unspecified atom stereocenters. The number of benzene rings is 6. The summed E-state index contributed by atoms with van der Waals surface area (Å²) in [7, 11) is 0. The van der Waals surface area contributed by atoms with E-state index in [1.165, 1.54) is 0 Å². The standard InChI is InChI=1S/C42H28N4O2/c1-2-29(42-45-40(25-13-5-3-6-14-25)44-41(46-42)26-15-7-4-8-16-26)37-32-21-11-20-31(38(32)48-39(37)43)30-19-12-22-34-36(30)33-23-27-17-9-10-18-28(27)24-35(33)47-34/h2-24H,43H2,1H3/b29-2+. The van der Waals surface area contributed by atoms with Crippen LogP contribution < -0.4 is 5.73 Å². The van der Waals surface area contributed by atoms with Gasteiger partial charge in [-0.1, -0.05) is 121 Å². The molecule has 0 bridgehead atoms. The Kier molecular flexibility index (Phi) is 6.40. The maximum absolute atomic E-state index is 6.76. The molecule has 3 heterocycles. The van der Waals surface area contributed by atoms with E-state index in [0.29, 0.717) is 28.9 Å². The summed E-state index contributed by atoms with van der Waals surface area (Å²) in [4.78, 5) is 14.8. The highest BCUT2D eigenvalue weighted by atomic mass is 16.3. The van der Waals surface area contributed by atoms with Gasteiger partial charge in [0.15, 0.2) is 23.4 Å². The minimum absolute atomic E-state index is 0.295. The van der Waals surface area contributed by atoms with Crippen LogP contribution in [0, 0.1) is 0 Å². The lowest BCUT2D eigenvalue weighted by Crippen LogP contribution is -2.04. The zero-order chi connectivity index (χ0) is 32.2. The Morgan fingerprint density at radius 2 is 1.21 bits per heavy atom. The first kappa shape index (κ1) is 27.8. The van der Waals surface area contributed by atoms with Crippen LogP contribution in [0.2, 0.25) is 0 Å². The van der Waals surface area contributed by atoms with Crippen molar-refractivity contribution in [2.24, 2.45) is 0 Å². The van der Waals surface area contributed by atoms with E-state index in [1.54, 1.807) is 0 Å². The number of hydrogen-bond donors (Lipinski definition) is 1. The highest BCUT2D eigenvalue weighted by Crippen LogP contribution is 2.44. The van der Waals surface area contributed by atoms with Gasteiger partial charge in [-0.2, -0.15) is 0 Å². The van der Waals surface area contributed by atoms with Crippen LogP contribution in [0.1, 0.15) is 18.3 Å². The SMILES string of the molecule is C/C=C(/c1nc(-c2ccccc2)nc(-c2ccccc2)n1)c1c(N)oc2c(-c3cccc4oc5cc6ccccc6cc5c34)cccc12. The second kappa shape index (κ2) is 11.1. The fourth-order valence-electron chi connectivity index (χ4n) is 6.68. The molecule has 0 spiro atoms. The molecule has 0 radical (unpaired) electrons. The minimum Gasteiger partial charge on any atom is -0.456 e. The largest absolute Gasteiger partial charge is 0.456 e. The fraction of sp³-hybridized carbons (Fsp3) is 0.0238. The summed E-state index contributed by atoms with van der Waals surface area (Å²) in [5.74, 6) is 1.97. The van der Waals surface area contributed by atoms with Crippen molar-refractivity contribution in [3.63, 3.8) is 0 Å². The van der Waals surface area contributed by atoms with Crippen LogP contribution >= 0.6 is 0 Å². The van der Waals surface area contributed by atoms with E-state index >= 15 is 0 Å². The van der Waals surface area contributed by atoms with Crippen LogP contribution in [0.4, 0.5) is 5.88 Å². The van der Waals surface area contributed by atoms with Gasteiger partial charge in [-0.25, -0.2) is 15.0 Å². The van der Waals surface area contributed by atoms with E-state index in [2.05, 4.69) is 42.5 Å². The number of fused-ring (bicyclic) bond motifs is 5. The summed E-state index contributed by atoms with van der Waals surface area (Å²) in [6, 6.07) is 44.8. The third-order valence-corrected chi connectivity index (χ3v) is 8.89. The average Bonchev–Trinajstić information content (AvgIpc) is 3.68. The molecule has 6 heteroatoms. The number of allylic oxidation sites excluding steroid dienone is 1. The number of nitrogens with zero attached hydrogens (tertiary/aromatic N) is 3. The van der Waals surface area contributed by atoms with E-state index in [9.17, 15) is 0 Å². The predicted molar refractivity (Wildman–Crippen MR) is 194 cm³/mol. The van der Waals surface area contributed by atoms with Crippen LogP contribution in [0.3, 0.4) is 0 Å². The van der Waals surface area contributed by atoms with Crippen molar-refractivity contribution in [1.82, 2.24) is 15.0 Å². The summed E-state index contributed by atoms with van der Waals surface area (Å²) in [5.41, 5.74) is 14.3. The van der Waals surface area contributed by atoms with E-state index < -0.39 is 0 Å². The first-order valence-corrected chi connectivity index (χ1v) is 15.9. The molecule has 0 fully saturated rings. The van der Waals surface area contributed by atoms with Crippen LogP contribution in [-0.2, 0) is 0 Å². The Balaban J connectivity index is 1.25. The molecule has 0 atom stereocenters. The van der Waals surface area contributed by atoms with Gasteiger partial charge in [0.1, 0.15) is 16.7 Å². The number of rotatable bonds is 5. The third-order valence-electron chi connectivity index (χ3n) is 8.89. The molecule has 0 aliphatic heterocycles. The smallest absolute Gasteiger partial charge is 0.199 e. The quantitative estimate of drug-likeness (QED) is 0.206. The molecule has 9 aromatic rings. The van der Waals surface area contributed by atoms with Gasteiger partial charge in [-0.15, -0.1) is 0 Å². The molecule has 48 heavy (non-hydrogen) atoms. The second-order valence-electron chi connectivity index (χ2n) is 11.7. The number of nitrogen functional groups attached to an aromatic ring is 1. The number of furan rings is 2. The number of hydrogen-bond acceptors (Lipinski definition) is 6. The Hall–Kier alpha value is -6.53. The van der Waals surface area contributed by atoms with Crippen LogP contribution in [0.5, 0.6) is 0 Å². The second-order valence-corrected chi connectivity index (χ2v) is 11.7. The lowest BCUT2D eigenvalue weighted by molar-refractivity contribution is 0.637. The zero-order valence-electron chi connectivity index (χ0n) is 26.0. The molecule has 0 aliphatic rings. The molecule has 2 N–H and O–H groups in total. The molecule has 9 rings (SSSR count). The monoisotopic (exact) mass is 620 g/mol. The molecule has 6 aromatic carbocycles. The minimum atomic E-state index is 0.295. The maximum atomic E-state index is 6.76. The van der Waals surface area contributed by atoms with E-state index in [0.717, 1.165) is 71.5 Å². The van der Waals surface area contributed by atoms with Gasteiger partial charge in [-0.3, -0.25) is 0 Å². The first-order chi connectivity index (χ1) is 23.7. The molecule has 6 nitrogen and oxygen atoms in total. The van der Waals surface area contributed by atoms with Crippen molar-refractivity contribution >= 4 is 55.1 Å². The molecule has 3 aromatic heterocycles. The molecule has 0 amide bonds. The van der Waals surface area contributed by atoms with Crippen molar-refractivity contribution in [3.05, 3.63) is 151 Å². The fourth-order valence-corrected chi connectivity index (χ4v) is 6.68. The summed E-state index contributed by atoms with van der Waals surface area (Å²) in [6.07, 6.45) is 1.99. The number of nitrogens with two attached hydrogens (primary N) is 1. The summed E-state index contributed by atoms with van der Waals surface area (Å²) in [6.45, 7) is 1.97. The van der Waals surface area contributed by atoms with Crippen LogP contribution in [0.25, 0.3) is 83.2 Å². The van der Waals surface area contributed by atoms with Gasteiger partial charge >= 0.3 is 0 Å². The topological polar surface area (TPSA) is 91.0 Å². The molecule has 0 saturated heterocycles. The molecular weight excluding hydrogens is 592 g/mol. The molecule has 0 saturated carbocycles. The average molecular weight is 621 g/mol. The molecular formula is C42H28N4O2. The maximum Gasteiger partial charge on any atom is 0.199 e. The first-order valence-electron chi connectivity index (χ1n) is 15.9. The third kappa shape index (κ3) is 4.46.